The van der Waals surface area contributed by atoms with Gasteiger partial charge >= 0.3 is 30.5 Å². The summed E-state index contributed by atoms with van der Waals surface area (Å²) in [6.07, 6.45) is -14.7. The molecule has 188 valence electrons. The Hall–Kier alpha value is -3.24. The van der Waals surface area contributed by atoms with Crippen LogP contribution in [0.1, 0.15) is 15.9 Å². The van der Waals surface area contributed by atoms with Gasteiger partial charge in [-0.2, -0.15) is 39.5 Å². The molecule has 1 saturated heterocycles. The van der Waals surface area contributed by atoms with Gasteiger partial charge in [-0.25, -0.2) is 9.59 Å². The number of hydrogen-bond donors (Lipinski definition) is 4. The van der Waals surface area contributed by atoms with Gasteiger partial charge in [0.25, 0.3) is 5.91 Å². The zero-order chi connectivity index (χ0) is 26.2. The van der Waals surface area contributed by atoms with E-state index in [1.807, 2.05) is 0 Å². The highest BCUT2D eigenvalue weighted by molar-refractivity contribution is 5.99. The van der Waals surface area contributed by atoms with Gasteiger partial charge in [0.15, 0.2) is 0 Å². The lowest BCUT2D eigenvalue weighted by Crippen LogP contribution is -2.45. The number of piperazine rings is 1. The molecule has 0 spiro atoms. The quantitative estimate of drug-likeness (QED) is 0.458. The molecule has 1 fully saturated rings. The molecule has 1 heterocycles. The molecule has 0 saturated carbocycles. The number of primary amides is 1. The number of nitrogens with zero attached hydrogens (tertiary/aromatic N) is 1. The molecule has 0 bridgehead atoms. The van der Waals surface area contributed by atoms with Crippen molar-refractivity contribution in [1.82, 2.24) is 5.32 Å². The van der Waals surface area contributed by atoms with Gasteiger partial charge in [-0.1, -0.05) is 6.07 Å². The van der Waals surface area contributed by atoms with Crippen LogP contribution in [0.25, 0.3) is 0 Å². The van der Waals surface area contributed by atoms with Crippen LogP contribution in [-0.2, 0) is 15.8 Å². The number of carbonyl (C=O) groups excluding carboxylic acids is 1. The molecule has 17 heteroatoms. The lowest BCUT2D eigenvalue weighted by Gasteiger charge is -2.32. The second kappa shape index (κ2) is 11.6. The molecule has 5 N–H and O–H groups in total. The number of nitrogens with one attached hydrogen (secondary N) is 1. The number of hydrogen-bond acceptors (Lipinski definition) is 5. The normalized spacial score (nSPS) is 14.3. The number of carboxylic acid groups (broad SMARTS) is 2. The van der Waals surface area contributed by atoms with E-state index in [2.05, 4.69) is 5.32 Å². The van der Waals surface area contributed by atoms with Crippen molar-refractivity contribution in [2.24, 2.45) is 5.73 Å². The van der Waals surface area contributed by atoms with Gasteiger partial charge in [0.05, 0.1) is 16.8 Å². The van der Waals surface area contributed by atoms with Crippen molar-refractivity contribution >= 4 is 23.5 Å². The van der Waals surface area contributed by atoms with E-state index in [0.717, 1.165) is 6.07 Å². The minimum atomic E-state index is -5.08. The zero-order valence-corrected chi connectivity index (χ0v) is 16.1. The number of amides is 1. The Kier molecular flexibility index (Phi) is 10.4. The molecule has 8 nitrogen and oxygen atoms in total. The summed E-state index contributed by atoms with van der Waals surface area (Å²) in [5.41, 5.74) is 4.18. The number of anilines is 1. The number of halogens is 9. The number of carbonyl (C=O) groups is 3. The highest BCUT2D eigenvalue weighted by Crippen LogP contribution is 2.38. The molecule has 0 unspecified atom stereocenters. The van der Waals surface area contributed by atoms with Crippen molar-refractivity contribution in [3.05, 3.63) is 29.3 Å². The molecule has 1 aromatic rings. The number of aliphatic carboxylic acids is 2. The van der Waals surface area contributed by atoms with Crippen molar-refractivity contribution in [3.63, 3.8) is 0 Å². The Morgan fingerprint density at radius 2 is 1.24 bits per heavy atom. The maximum atomic E-state index is 13.1. The number of nitrogens with two attached hydrogens (primary N) is 1. The summed E-state index contributed by atoms with van der Waals surface area (Å²) in [5.74, 6) is -6.36. The van der Waals surface area contributed by atoms with Crippen LogP contribution < -0.4 is 16.0 Å². The third-order valence-corrected chi connectivity index (χ3v) is 3.53. The van der Waals surface area contributed by atoms with Crippen LogP contribution in [0.3, 0.4) is 0 Å². The van der Waals surface area contributed by atoms with Gasteiger partial charge in [0.2, 0.25) is 0 Å². The van der Waals surface area contributed by atoms with Crippen LogP contribution in [0.15, 0.2) is 18.2 Å². The molecule has 33 heavy (non-hydrogen) atoms. The van der Waals surface area contributed by atoms with E-state index in [4.69, 9.17) is 25.5 Å². The standard InChI is InChI=1S/C12H14F3N3O.2C2HF3O2/c13-12(14,15)9-3-1-2-8(11(16)19)10(9)18-6-4-17-5-7-18;2*3-2(4,5)1(6)7/h1-3,17H,4-7H2,(H2,16,19);2*(H,6,7). The highest BCUT2D eigenvalue weighted by atomic mass is 19.4. The molecule has 1 aromatic carbocycles. The summed E-state index contributed by atoms with van der Waals surface area (Å²) >= 11 is 0. The summed E-state index contributed by atoms with van der Waals surface area (Å²) in [6.45, 7) is 1.97. The smallest absolute Gasteiger partial charge is 0.475 e. The Balaban J connectivity index is 0.000000605. The van der Waals surface area contributed by atoms with E-state index in [-0.39, 0.29) is 11.3 Å². The van der Waals surface area contributed by atoms with Crippen LogP contribution in [0.5, 0.6) is 0 Å². The van der Waals surface area contributed by atoms with Gasteiger partial charge < -0.3 is 26.2 Å². The Labute approximate surface area is 178 Å². The second-order valence-corrected chi connectivity index (χ2v) is 5.91. The number of carboxylic acids is 2. The lowest BCUT2D eigenvalue weighted by atomic mass is 10.0. The SMILES string of the molecule is NC(=O)c1cccc(C(F)(F)F)c1N1CCNCC1.O=C(O)C(F)(F)F.O=C(O)C(F)(F)F. The first-order valence-corrected chi connectivity index (χ1v) is 8.36. The number of benzene rings is 1. The summed E-state index contributed by atoms with van der Waals surface area (Å²) in [7, 11) is 0. The summed E-state index contributed by atoms with van der Waals surface area (Å²) in [6, 6.07) is 3.51. The molecule has 0 aromatic heterocycles. The maximum absolute atomic E-state index is 13.1. The van der Waals surface area contributed by atoms with Crippen LogP contribution in [-0.4, -0.2) is 66.6 Å². The van der Waals surface area contributed by atoms with Crippen molar-refractivity contribution in [3.8, 4) is 0 Å². The fourth-order valence-corrected chi connectivity index (χ4v) is 2.20. The van der Waals surface area contributed by atoms with Crippen molar-refractivity contribution < 1.29 is 64.1 Å². The minimum absolute atomic E-state index is 0.0864. The zero-order valence-electron chi connectivity index (χ0n) is 16.1. The number of rotatable bonds is 2. The minimum Gasteiger partial charge on any atom is -0.475 e. The van der Waals surface area contributed by atoms with Crippen LogP contribution in [0.4, 0.5) is 45.2 Å². The first-order valence-electron chi connectivity index (χ1n) is 8.36. The molecule has 0 radical (unpaired) electrons. The van der Waals surface area contributed by atoms with E-state index in [1.165, 1.54) is 12.1 Å². The third kappa shape index (κ3) is 10.3. The Morgan fingerprint density at radius 1 is 0.848 bits per heavy atom. The molecule has 1 aliphatic rings. The monoisotopic (exact) mass is 501 g/mol. The van der Waals surface area contributed by atoms with Gasteiger partial charge in [0, 0.05) is 26.2 Å². The fourth-order valence-electron chi connectivity index (χ4n) is 2.20. The lowest BCUT2D eigenvalue weighted by molar-refractivity contribution is -0.193. The predicted molar refractivity (Wildman–Crippen MR) is 92.4 cm³/mol. The molecule has 1 amide bonds. The summed E-state index contributed by atoms with van der Waals surface area (Å²) < 4.78 is 103. The van der Waals surface area contributed by atoms with Crippen LogP contribution in [0.2, 0.25) is 0 Å². The Bertz CT molecular complexity index is 808. The van der Waals surface area contributed by atoms with Crippen molar-refractivity contribution in [2.45, 2.75) is 18.5 Å². The van der Waals surface area contributed by atoms with Crippen molar-refractivity contribution in [1.29, 1.82) is 0 Å². The van der Waals surface area contributed by atoms with Crippen LogP contribution >= 0.6 is 0 Å². The average Bonchev–Trinajstić information content (AvgIpc) is 2.66. The summed E-state index contributed by atoms with van der Waals surface area (Å²) in [4.78, 5) is 30.7. The van der Waals surface area contributed by atoms with E-state index in [9.17, 15) is 44.3 Å². The number of alkyl halides is 9. The van der Waals surface area contributed by atoms with E-state index in [1.54, 1.807) is 4.90 Å². The molecule has 1 aliphatic heterocycles. The van der Waals surface area contributed by atoms with Crippen molar-refractivity contribution in [2.75, 3.05) is 31.1 Å². The van der Waals surface area contributed by atoms with Gasteiger partial charge in [-0.05, 0) is 12.1 Å². The predicted octanol–water partition coefficient (Wildman–Crippen LogP) is 2.48. The van der Waals surface area contributed by atoms with Gasteiger partial charge in [0.1, 0.15) is 0 Å². The largest absolute Gasteiger partial charge is 0.490 e. The van der Waals surface area contributed by atoms with Gasteiger partial charge in [-0.15, -0.1) is 0 Å². The second-order valence-electron chi connectivity index (χ2n) is 5.91. The molecule has 0 atom stereocenters. The first-order chi connectivity index (χ1) is 14.8. The Morgan fingerprint density at radius 3 is 1.55 bits per heavy atom. The molecular formula is C16H16F9N3O5. The number of para-hydroxylation sites is 1. The van der Waals surface area contributed by atoms with Crippen LogP contribution in [0, 0.1) is 0 Å². The fraction of sp³-hybridized carbons (Fsp3) is 0.438. The van der Waals surface area contributed by atoms with Gasteiger partial charge in [-0.3, -0.25) is 4.79 Å². The molecular weight excluding hydrogens is 485 g/mol. The van der Waals surface area contributed by atoms with E-state index >= 15 is 0 Å². The average molecular weight is 501 g/mol. The highest BCUT2D eigenvalue weighted by Gasteiger charge is 2.39. The third-order valence-electron chi connectivity index (χ3n) is 3.53. The maximum Gasteiger partial charge on any atom is 0.490 e. The molecule has 2 rings (SSSR count). The van der Waals surface area contributed by atoms with E-state index in [0.29, 0.717) is 26.2 Å². The topological polar surface area (TPSA) is 133 Å². The summed E-state index contributed by atoms with van der Waals surface area (Å²) in [5, 5.41) is 17.3. The van der Waals surface area contributed by atoms with E-state index < -0.39 is 41.9 Å². The first kappa shape index (κ1) is 29.8. The molecule has 0 aliphatic carbocycles.